The van der Waals surface area contributed by atoms with Gasteiger partial charge < -0.3 is 5.32 Å². The molecule has 0 saturated heterocycles. The maximum Gasteiger partial charge on any atom is 0.271 e. The molecule has 0 saturated carbocycles. The third-order valence-corrected chi connectivity index (χ3v) is 4.22. The first-order chi connectivity index (χ1) is 9.49. The largest absolute Gasteiger partial charge is 0.351 e. The van der Waals surface area contributed by atoms with Gasteiger partial charge in [-0.2, -0.15) is 10.2 Å². The van der Waals surface area contributed by atoms with Gasteiger partial charge in [0.05, 0.1) is 10.2 Å². The van der Waals surface area contributed by atoms with Crippen LogP contribution in [0.3, 0.4) is 0 Å². The number of carbonyl (C=O) groups is 1. The maximum absolute atomic E-state index is 11.8. The van der Waals surface area contributed by atoms with Crippen LogP contribution in [-0.4, -0.2) is 32.0 Å². The molecule has 108 valence electrons. The van der Waals surface area contributed by atoms with Crippen LogP contribution in [0.4, 0.5) is 0 Å². The topological polar surface area (TPSA) is 64.7 Å². The van der Waals surface area contributed by atoms with Crippen LogP contribution in [0.25, 0.3) is 0 Å². The summed E-state index contributed by atoms with van der Waals surface area (Å²) in [5, 5.41) is 11.3. The lowest BCUT2D eigenvalue weighted by molar-refractivity contribution is 0.0947. The van der Waals surface area contributed by atoms with E-state index < -0.39 is 0 Å². The van der Waals surface area contributed by atoms with Crippen LogP contribution in [0.5, 0.6) is 0 Å². The van der Waals surface area contributed by atoms with Crippen molar-refractivity contribution in [3.63, 3.8) is 0 Å². The molecule has 1 N–H and O–H groups in total. The Morgan fingerprint density at radius 3 is 2.70 bits per heavy atom. The van der Waals surface area contributed by atoms with Crippen molar-refractivity contribution in [2.75, 3.05) is 6.54 Å². The first-order valence-corrected chi connectivity index (χ1v) is 7.25. The van der Waals surface area contributed by atoms with Crippen molar-refractivity contribution in [2.24, 2.45) is 7.05 Å². The lowest BCUT2D eigenvalue weighted by Crippen LogP contribution is -2.26. The van der Waals surface area contributed by atoms with Gasteiger partial charge in [0.2, 0.25) is 0 Å². The highest BCUT2D eigenvalue weighted by Crippen LogP contribution is 2.19. The maximum atomic E-state index is 11.8. The summed E-state index contributed by atoms with van der Waals surface area (Å²) in [5.41, 5.74) is 2.54. The van der Waals surface area contributed by atoms with Crippen LogP contribution < -0.4 is 5.32 Å². The summed E-state index contributed by atoms with van der Waals surface area (Å²) in [6, 6.07) is 1.70. The fourth-order valence-corrected chi connectivity index (χ4v) is 2.23. The minimum atomic E-state index is -0.139. The van der Waals surface area contributed by atoms with Gasteiger partial charge in [-0.25, -0.2) is 0 Å². The summed E-state index contributed by atoms with van der Waals surface area (Å²) in [4.78, 5) is 11.8. The number of hydrogen-bond donors (Lipinski definition) is 1. The van der Waals surface area contributed by atoms with Gasteiger partial charge in [0, 0.05) is 32.0 Å². The molecule has 0 aromatic carbocycles. The summed E-state index contributed by atoms with van der Waals surface area (Å²) >= 11 is 3.50. The molecular formula is C13H18BrN5O. The predicted octanol–water partition coefficient (Wildman–Crippen LogP) is 1.82. The van der Waals surface area contributed by atoms with Crippen LogP contribution in [-0.2, 0) is 13.6 Å². The van der Waals surface area contributed by atoms with Gasteiger partial charge in [-0.05, 0) is 42.3 Å². The van der Waals surface area contributed by atoms with Crippen LogP contribution >= 0.6 is 15.9 Å². The summed E-state index contributed by atoms with van der Waals surface area (Å²) in [5.74, 6) is -0.139. The summed E-state index contributed by atoms with van der Waals surface area (Å²) in [6.07, 6.45) is 2.58. The van der Waals surface area contributed by atoms with Crippen molar-refractivity contribution >= 4 is 21.8 Å². The van der Waals surface area contributed by atoms with E-state index in [1.165, 1.54) is 0 Å². The Hall–Kier alpha value is -1.63. The Morgan fingerprint density at radius 1 is 1.40 bits per heavy atom. The number of aromatic nitrogens is 4. The molecule has 0 aliphatic rings. The van der Waals surface area contributed by atoms with Crippen molar-refractivity contribution in [1.29, 1.82) is 0 Å². The van der Waals surface area contributed by atoms with Crippen molar-refractivity contribution in [2.45, 2.75) is 26.8 Å². The monoisotopic (exact) mass is 339 g/mol. The molecule has 7 heteroatoms. The van der Waals surface area contributed by atoms with Gasteiger partial charge >= 0.3 is 0 Å². The van der Waals surface area contributed by atoms with Crippen molar-refractivity contribution in [3.8, 4) is 0 Å². The first kappa shape index (κ1) is 14.8. The molecule has 1 amide bonds. The zero-order chi connectivity index (χ0) is 14.7. The highest BCUT2D eigenvalue weighted by molar-refractivity contribution is 9.10. The van der Waals surface area contributed by atoms with E-state index in [9.17, 15) is 4.79 Å². The highest BCUT2D eigenvalue weighted by atomic mass is 79.9. The summed E-state index contributed by atoms with van der Waals surface area (Å²) in [7, 11) is 1.79. The average Bonchev–Trinajstić information content (AvgIpc) is 2.95. The van der Waals surface area contributed by atoms with E-state index in [0.29, 0.717) is 12.2 Å². The third kappa shape index (κ3) is 3.27. The van der Waals surface area contributed by atoms with Gasteiger partial charge in [0.1, 0.15) is 5.69 Å². The molecule has 0 atom stereocenters. The lowest BCUT2D eigenvalue weighted by atomic mass is 10.3. The van der Waals surface area contributed by atoms with Crippen molar-refractivity contribution in [1.82, 2.24) is 24.9 Å². The zero-order valence-corrected chi connectivity index (χ0v) is 13.4. The van der Waals surface area contributed by atoms with Crippen LogP contribution in [0, 0.1) is 13.8 Å². The fraction of sp³-hybridized carbons (Fsp3) is 0.462. The fourth-order valence-electron chi connectivity index (χ4n) is 1.95. The Morgan fingerprint density at radius 2 is 2.15 bits per heavy atom. The number of aryl methyl sites for hydroxylation is 3. The second kappa shape index (κ2) is 6.21. The van der Waals surface area contributed by atoms with Crippen LogP contribution in [0.2, 0.25) is 0 Å². The molecule has 0 bridgehead atoms. The normalized spacial score (nSPS) is 10.8. The average molecular weight is 340 g/mol. The molecule has 2 aromatic heterocycles. The van der Waals surface area contributed by atoms with E-state index in [2.05, 4.69) is 31.4 Å². The van der Waals surface area contributed by atoms with Gasteiger partial charge in [0.25, 0.3) is 5.91 Å². The van der Waals surface area contributed by atoms with Gasteiger partial charge in [-0.1, -0.05) is 0 Å². The molecule has 20 heavy (non-hydrogen) atoms. The zero-order valence-electron chi connectivity index (χ0n) is 11.9. The van der Waals surface area contributed by atoms with Crippen molar-refractivity contribution < 1.29 is 4.79 Å². The SMILES string of the molecule is Cc1nn(CCCNC(=O)c2ccn(C)n2)c(C)c1Br. The number of nitrogens with one attached hydrogen (secondary N) is 1. The number of hydrogen-bond acceptors (Lipinski definition) is 3. The minimum absolute atomic E-state index is 0.139. The molecule has 0 fully saturated rings. The number of nitrogens with zero attached hydrogens (tertiary/aromatic N) is 4. The van der Waals surface area contributed by atoms with E-state index in [1.807, 2.05) is 18.5 Å². The van der Waals surface area contributed by atoms with Gasteiger partial charge in [-0.15, -0.1) is 0 Å². The van der Waals surface area contributed by atoms with E-state index in [1.54, 1.807) is 24.0 Å². The first-order valence-electron chi connectivity index (χ1n) is 6.46. The quantitative estimate of drug-likeness (QED) is 0.845. The van der Waals surface area contributed by atoms with Gasteiger partial charge in [-0.3, -0.25) is 14.2 Å². The molecule has 2 rings (SSSR count). The highest BCUT2D eigenvalue weighted by Gasteiger charge is 2.09. The molecular weight excluding hydrogens is 322 g/mol. The van der Waals surface area contributed by atoms with E-state index in [-0.39, 0.29) is 5.91 Å². The second-order valence-electron chi connectivity index (χ2n) is 4.69. The number of halogens is 1. The molecule has 2 aromatic rings. The minimum Gasteiger partial charge on any atom is -0.351 e. The van der Waals surface area contributed by atoms with E-state index in [0.717, 1.165) is 28.8 Å². The Kier molecular flexibility index (Phi) is 4.59. The van der Waals surface area contributed by atoms with Crippen LogP contribution in [0.15, 0.2) is 16.7 Å². The third-order valence-electron chi connectivity index (χ3n) is 3.07. The molecule has 0 radical (unpaired) electrons. The van der Waals surface area contributed by atoms with Crippen molar-refractivity contribution in [3.05, 3.63) is 33.8 Å². The lowest BCUT2D eigenvalue weighted by Gasteiger charge is -2.05. The number of rotatable bonds is 5. The Bertz CT molecular complexity index is 616. The molecule has 6 nitrogen and oxygen atoms in total. The standard InChI is InChI=1S/C13H18BrN5O/c1-9-12(14)10(2)19(16-9)7-4-6-15-13(20)11-5-8-18(3)17-11/h5,8H,4,6-7H2,1-3H3,(H,15,20). The molecule has 0 aliphatic heterocycles. The predicted molar refractivity (Wildman–Crippen MR) is 79.6 cm³/mol. The smallest absolute Gasteiger partial charge is 0.271 e. The number of amides is 1. The number of carbonyl (C=O) groups excluding carboxylic acids is 1. The molecule has 0 unspecified atom stereocenters. The Labute approximate surface area is 126 Å². The Balaban J connectivity index is 1.79. The van der Waals surface area contributed by atoms with E-state index in [4.69, 9.17) is 0 Å². The summed E-state index contributed by atoms with van der Waals surface area (Å²) < 4.78 is 4.62. The van der Waals surface area contributed by atoms with E-state index >= 15 is 0 Å². The van der Waals surface area contributed by atoms with Gasteiger partial charge in [0.15, 0.2) is 0 Å². The molecule has 0 aliphatic carbocycles. The molecule has 2 heterocycles. The molecule has 0 spiro atoms. The van der Waals surface area contributed by atoms with Crippen LogP contribution in [0.1, 0.15) is 28.3 Å². The summed E-state index contributed by atoms with van der Waals surface area (Å²) in [6.45, 7) is 5.37. The second-order valence-corrected chi connectivity index (χ2v) is 5.49.